The average molecular weight is 418 g/mol. The van der Waals surface area contributed by atoms with E-state index in [1.165, 1.54) is 0 Å². The number of nitrogens with zero attached hydrogens (tertiary/aromatic N) is 4. The number of carbonyl (C=O) groups is 1. The quantitative estimate of drug-likeness (QED) is 0.447. The number of anilines is 1. The van der Waals surface area contributed by atoms with Gasteiger partial charge in [0.15, 0.2) is 11.5 Å². The highest BCUT2D eigenvalue weighted by atomic mass is 32.1. The molecule has 0 fully saturated rings. The lowest BCUT2D eigenvalue weighted by Crippen LogP contribution is -2.13. The van der Waals surface area contributed by atoms with Crippen LogP contribution >= 0.6 is 22.7 Å². The minimum atomic E-state index is -0.0233. The Balaban J connectivity index is 1.37. The van der Waals surface area contributed by atoms with E-state index >= 15 is 0 Å². The first kappa shape index (κ1) is 17.7. The van der Waals surface area contributed by atoms with Crippen molar-refractivity contribution in [1.82, 2.24) is 19.8 Å². The lowest BCUT2D eigenvalue weighted by atomic mass is 10.1. The second-order valence-electron chi connectivity index (χ2n) is 6.37. The first-order valence-electron chi connectivity index (χ1n) is 8.95. The van der Waals surface area contributed by atoms with Gasteiger partial charge in [-0.2, -0.15) is 9.61 Å². The number of hydrogen-bond acceptors (Lipinski definition) is 6. The lowest BCUT2D eigenvalue weighted by molar-refractivity contribution is -0.115. The molecule has 4 heterocycles. The van der Waals surface area contributed by atoms with E-state index in [9.17, 15) is 4.79 Å². The number of fused-ring (bicyclic) bond motifs is 1. The molecule has 6 nitrogen and oxygen atoms in total. The number of aromatic nitrogens is 4. The van der Waals surface area contributed by atoms with Crippen LogP contribution in [0.5, 0.6) is 0 Å². The summed E-state index contributed by atoms with van der Waals surface area (Å²) in [6, 6.07) is 19.4. The van der Waals surface area contributed by atoms with E-state index < -0.39 is 0 Å². The number of rotatable bonds is 5. The van der Waals surface area contributed by atoms with E-state index in [1.807, 2.05) is 71.4 Å². The maximum Gasteiger partial charge on any atom is 0.229 e. The Morgan fingerprint density at radius 3 is 2.52 bits per heavy atom. The molecule has 5 rings (SSSR count). The molecule has 29 heavy (non-hydrogen) atoms. The minimum Gasteiger partial charge on any atom is -0.326 e. The van der Waals surface area contributed by atoms with Gasteiger partial charge in [-0.3, -0.25) is 4.79 Å². The highest BCUT2D eigenvalue weighted by Gasteiger charge is 2.12. The molecule has 1 aromatic carbocycles. The van der Waals surface area contributed by atoms with E-state index in [0.29, 0.717) is 12.1 Å². The number of hydrogen-bond donors (Lipinski definition) is 1. The van der Waals surface area contributed by atoms with Gasteiger partial charge in [0.2, 0.25) is 5.91 Å². The molecule has 8 heteroatoms. The van der Waals surface area contributed by atoms with Gasteiger partial charge < -0.3 is 5.32 Å². The fraction of sp³-hybridized carbons (Fsp3) is 0.0476. The summed E-state index contributed by atoms with van der Waals surface area (Å²) in [7, 11) is 0. The standard InChI is InChI=1S/C21H15N5OS2/c27-20(13-16-3-1-11-28-16)22-15-7-5-14(6-8-15)17-9-10-19-23-24-21(26(19)25-17)18-4-2-12-29-18/h1-12H,13H2,(H,22,27). The third-order valence-electron chi connectivity index (χ3n) is 4.38. The fourth-order valence-corrected chi connectivity index (χ4v) is 4.40. The van der Waals surface area contributed by atoms with Crippen LogP contribution in [0.3, 0.4) is 0 Å². The van der Waals surface area contributed by atoms with Crippen molar-refractivity contribution in [3.8, 4) is 22.0 Å². The molecule has 1 amide bonds. The van der Waals surface area contributed by atoms with Crippen molar-refractivity contribution in [2.75, 3.05) is 5.32 Å². The SMILES string of the molecule is O=C(Cc1cccs1)Nc1ccc(-c2ccc3nnc(-c4cccs4)n3n2)cc1. The molecule has 0 saturated heterocycles. The summed E-state index contributed by atoms with van der Waals surface area (Å²) in [5, 5.41) is 20.1. The van der Waals surface area contributed by atoms with Crippen LogP contribution in [-0.2, 0) is 11.2 Å². The smallest absolute Gasteiger partial charge is 0.229 e. The van der Waals surface area contributed by atoms with Crippen LogP contribution in [0, 0.1) is 0 Å². The van der Waals surface area contributed by atoms with Gasteiger partial charge in [-0.1, -0.05) is 24.3 Å². The number of nitrogens with one attached hydrogen (secondary N) is 1. The molecule has 0 radical (unpaired) electrons. The molecule has 4 aromatic heterocycles. The molecule has 1 N–H and O–H groups in total. The summed E-state index contributed by atoms with van der Waals surface area (Å²) in [6.45, 7) is 0. The van der Waals surface area contributed by atoms with Crippen molar-refractivity contribution in [2.24, 2.45) is 0 Å². The Hall–Kier alpha value is -3.36. The van der Waals surface area contributed by atoms with Crippen molar-refractivity contribution in [1.29, 1.82) is 0 Å². The summed E-state index contributed by atoms with van der Waals surface area (Å²) < 4.78 is 1.76. The summed E-state index contributed by atoms with van der Waals surface area (Å²) in [6.07, 6.45) is 0.386. The fourth-order valence-electron chi connectivity index (χ4n) is 3.00. The van der Waals surface area contributed by atoms with Crippen LogP contribution in [-0.4, -0.2) is 25.7 Å². The molecule has 142 valence electrons. The molecule has 0 bridgehead atoms. The highest BCUT2D eigenvalue weighted by molar-refractivity contribution is 7.13. The van der Waals surface area contributed by atoms with Crippen LogP contribution in [0.15, 0.2) is 71.4 Å². The molecular weight excluding hydrogens is 402 g/mol. The minimum absolute atomic E-state index is 0.0233. The van der Waals surface area contributed by atoms with E-state index in [4.69, 9.17) is 5.10 Å². The molecule has 0 aliphatic rings. The van der Waals surface area contributed by atoms with Crippen LogP contribution in [0.1, 0.15) is 4.88 Å². The van der Waals surface area contributed by atoms with Gasteiger partial charge in [-0.15, -0.1) is 32.9 Å². The predicted octanol–water partition coefficient (Wildman–Crippen LogP) is 4.76. The zero-order chi connectivity index (χ0) is 19.6. The number of thiophene rings is 2. The van der Waals surface area contributed by atoms with Gasteiger partial charge in [0, 0.05) is 16.1 Å². The summed E-state index contributed by atoms with van der Waals surface area (Å²) in [5.41, 5.74) is 3.23. The molecule has 0 atom stereocenters. The second kappa shape index (κ2) is 7.57. The zero-order valence-electron chi connectivity index (χ0n) is 15.1. The Kier molecular flexibility index (Phi) is 4.63. The Labute approximate surface area is 174 Å². The molecule has 0 spiro atoms. The maximum absolute atomic E-state index is 12.2. The van der Waals surface area contributed by atoms with Gasteiger partial charge in [0.1, 0.15) is 0 Å². The second-order valence-corrected chi connectivity index (χ2v) is 8.35. The van der Waals surface area contributed by atoms with E-state index in [2.05, 4.69) is 15.5 Å². The van der Waals surface area contributed by atoms with Gasteiger partial charge in [0.25, 0.3) is 0 Å². The van der Waals surface area contributed by atoms with Crippen molar-refractivity contribution in [3.05, 3.63) is 76.3 Å². The van der Waals surface area contributed by atoms with E-state index in [0.717, 1.165) is 32.5 Å². The van der Waals surface area contributed by atoms with Crippen molar-refractivity contribution < 1.29 is 4.79 Å². The third-order valence-corrected chi connectivity index (χ3v) is 6.13. The molecule has 5 aromatic rings. The van der Waals surface area contributed by atoms with Crippen molar-refractivity contribution >= 4 is 39.9 Å². The first-order valence-corrected chi connectivity index (χ1v) is 10.7. The summed E-state index contributed by atoms with van der Waals surface area (Å²) >= 11 is 3.19. The summed E-state index contributed by atoms with van der Waals surface area (Å²) in [4.78, 5) is 14.2. The number of benzene rings is 1. The van der Waals surface area contributed by atoms with E-state index in [-0.39, 0.29) is 5.91 Å². The zero-order valence-corrected chi connectivity index (χ0v) is 16.8. The molecule has 0 unspecified atom stereocenters. The molecule has 0 saturated carbocycles. The number of carbonyl (C=O) groups excluding carboxylic acids is 1. The van der Waals surface area contributed by atoms with Gasteiger partial charge in [-0.25, -0.2) is 0 Å². The van der Waals surface area contributed by atoms with Crippen LogP contribution in [0.4, 0.5) is 5.69 Å². The Morgan fingerprint density at radius 1 is 0.931 bits per heavy atom. The van der Waals surface area contributed by atoms with Gasteiger partial charge in [-0.05, 0) is 47.2 Å². The van der Waals surface area contributed by atoms with Crippen LogP contribution in [0.2, 0.25) is 0 Å². The normalized spacial score (nSPS) is 11.0. The third kappa shape index (κ3) is 3.67. The molecule has 0 aliphatic carbocycles. The Bertz CT molecular complexity index is 1260. The maximum atomic E-state index is 12.2. The van der Waals surface area contributed by atoms with Crippen LogP contribution < -0.4 is 5.32 Å². The number of amides is 1. The average Bonchev–Trinajstić information content (AvgIpc) is 3.49. The summed E-state index contributed by atoms with van der Waals surface area (Å²) in [5.74, 6) is 0.708. The van der Waals surface area contributed by atoms with Gasteiger partial charge >= 0.3 is 0 Å². The predicted molar refractivity (Wildman–Crippen MR) is 116 cm³/mol. The van der Waals surface area contributed by atoms with Gasteiger partial charge in [0.05, 0.1) is 17.0 Å². The van der Waals surface area contributed by atoms with Crippen molar-refractivity contribution in [3.63, 3.8) is 0 Å². The van der Waals surface area contributed by atoms with E-state index in [1.54, 1.807) is 27.2 Å². The largest absolute Gasteiger partial charge is 0.326 e. The monoisotopic (exact) mass is 417 g/mol. The highest BCUT2D eigenvalue weighted by Crippen LogP contribution is 2.25. The topological polar surface area (TPSA) is 72.2 Å². The lowest BCUT2D eigenvalue weighted by Gasteiger charge is -2.06. The molecular formula is C21H15N5OS2. The van der Waals surface area contributed by atoms with Crippen LogP contribution in [0.25, 0.3) is 27.6 Å². The van der Waals surface area contributed by atoms with Crippen molar-refractivity contribution in [2.45, 2.75) is 6.42 Å². The molecule has 0 aliphatic heterocycles. The Morgan fingerprint density at radius 2 is 1.76 bits per heavy atom. The first-order chi connectivity index (χ1) is 14.3.